The van der Waals surface area contributed by atoms with Gasteiger partial charge in [0.25, 0.3) is 5.69 Å². The van der Waals surface area contributed by atoms with E-state index < -0.39 is 9.85 Å². The van der Waals surface area contributed by atoms with Crippen molar-refractivity contribution in [3.63, 3.8) is 0 Å². The molecular weight excluding hydrogens is 340 g/mol. The third-order valence-electron chi connectivity index (χ3n) is 2.08. The Morgan fingerprint density at radius 3 is 2.21 bits per heavy atom. The molecule has 0 fully saturated rings. The first kappa shape index (κ1) is 13.4. The van der Waals surface area contributed by atoms with Crippen LogP contribution in [0.4, 0.5) is 10.7 Å². The summed E-state index contributed by atoms with van der Waals surface area (Å²) in [5.74, 6) is 0.364. The zero-order valence-corrected chi connectivity index (χ0v) is 11.5. The molecule has 98 valence electrons. The molecule has 0 N–H and O–H groups in total. The van der Waals surface area contributed by atoms with Gasteiger partial charge in [0.2, 0.25) is 5.06 Å². The van der Waals surface area contributed by atoms with E-state index in [0.29, 0.717) is 15.3 Å². The van der Waals surface area contributed by atoms with Crippen molar-refractivity contribution < 1.29 is 14.6 Å². The molecule has 1 aromatic carbocycles. The maximum absolute atomic E-state index is 10.6. The summed E-state index contributed by atoms with van der Waals surface area (Å²) in [5.41, 5.74) is -0.0522. The van der Waals surface area contributed by atoms with Gasteiger partial charge in [0.1, 0.15) is 5.75 Å². The summed E-state index contributed by atoms with van der Waals surface area (Å²) in [6.07, 6.45) is 0. The lowest BCUT2D eigenvalue weighted by Crippen LogP contribution is -1.87. The van der Waals surface area contributed by atoms with Crippen molar-refractivity contribution in [2.24, 2.45) is 0 Å². The lowest BCUT2D eigenvalue weighted by Gasteiger charge is -2.02. The number of hydrogen-bond donors (Lipinski definition) is 0. The molecule has 1 aromatic heterocycles. The van der Waals surface area contributed by atoms with Crippen LogP contribution in [0.3, 0.4) is 0 Å². The van der Waals surface area contributed by atoms with Crippen molar-refractivity contribution in [3.05, 3.63) is 55.0 Å². The van der Waals surface area contributed by atoms with Gasteiger partial charge in [-0.2, -0.15) is 0 Å². The monoisotopic (exact) mass is 344 g/mol. The van der Waals surface area contributed by atoms with E-state index in [1.165, 1.54) is 30.3 Å². The van der Waals surface area contributed by atoms with Crippen LogP contribution >= 0.6 is 27.3 Å². The smallest absolute Gasteiger partial charge is 0.328 e. The highest BCUT2D eigenvalue weighted by Gasteiger charge is 2.17. The van der Waals surface area contributed by atoms with Crippen molar-refractivity contribution in [2.75, 3.05) is 0 Å². The largest absolute Gasteiger partial charge is 0.445 e. The minimum Gasteiger partial charge on any atom is -0.445 e. The van der Waals surface area contributed by atoms with Gasteiger partial charge in [-0.15, -0.1) is 0 Å². The fourth-order valence-electron chi connectivity index (χ4n) is 1.24. The van der Waals surface area contributed by atoms with Crippen LogP contribution in [-0.2, 0) is 0 Å². The van der Waals surface area contributed by atoms with Crippen LogP contribution < -0.4 is 4.74 Å². The number of rotatable bonds is 4. The zero-order chi connectivity index (χ0) is 14.0. The molecule has 0 spiro atoms. The van der Waals surface area contributed by atoms with Gasteiger partial charge in [0.15, 0.2) is 0 Å². The van der Waals surface area contributed by atoms with Crippen LogP contribution in [0.1, 0.15) is 0 Å². The standard InChI is InChI=1S/C10H5BrN2O5S/c11-8-5-9(13(16)17)19-10(8)18-7-3-1-6(2-4-7)12(14)15/h1-5H. The number of benzene rings is 1. The number of nitrogens with zero attached hydrogens (tertiary/aromatic N) is 2. The topological polar surface area (TPSA) is 95.5 Å². The fraction of sp³-hybridized carbons (Fsp3) is 0. The second-order valence-electron chi connectivity index (χ2n) is 3.33. The highest BCUT2D eigenvalue weighted by atomic mass is 79.9. The number of hydrogen-bond acceptors (Lipinski definition) is 6. The van der Waals surface area contributed by atoms with Gasteiger partial charge < -0.3 is 4.74 Å². The van der Waals surface area contributed by atoms with Crippen molar-refractivity contribution in [2.45, 2.75) is 0 Å². The van der Waals surface area contributed by atoms with E-state index in [1.54, 1.807) is 0 Å². The summed E-state index contributed by atoms with van der Waals surface area (Å²) in [6, 6.07) is 6.79. The first-order chi connectivity index (χ1) is 8.97. The molecule has 0 aliphatic rings. The molecule has 2 aromatic rings. The highest BCUT2D eigenvalue weighted by Crippen LogP contribution is 2.41. The Balaban J connectivity index is 2.21. The molecule has 0 aliphatic heterocycles. The minimum absolute atomic E-state index is 0.0520. The van der Waals surface area contributed by atoms with Crippen LogP contribution in [0.15, 0.2) is 34.8 Å². The lowest BCUT2D eigenvalue weighted by molar-refractivity contribution is -0.384. The van der Waals surface area contributed by atoms with E-state index in [9.17, 15) is 20.2 Å². The van der Waals surface area contributed by atoms with E-state index in [4.69, 9.17) is 4.74 Å². The van der Waals surface area contributed by atoms with E-state index in [0.717, 1.165) is 11.3 Å². The van der Waals surface area contributed by atoms with E-state index in [1.807, 2.05) is 0 Å². The second-order valence-corrected chi connectivity index (χ2v) is 5.18. The van der Waals surface area contributed by atoms with E-state index in [2.05, 4.69) is 15.9 Å². The Morgan fingerprint density at radius 2 is 1.74 bits per heavy atom. The number of non-ortho nitro benzene ring substituents is 1. The Hall–Kier alpha value is -2.00. The quantitative estimate of drug-likeness (QED) is 0.613. The molecule has 0 saturated heterocycles. The number of nitro groups is 2. The third-order valence-corrected chi connectivity index (χ3v) is 3.90. The van der Waals surface area contributed by atoms with Crippen molar-refractivity contribution >= 4 is 38.0 Å². The molecule has 7 nitrogen and oxygen atoms in total. The van der Waals surface area contributed by atoms with Gasteiger partial charge in [-0.3, -0.25) is 20.2 Å². The number of halogens is 1. The Kier molecular flexibility index (Phi) is 3.76. The van der Waals surface area contributed by atoms with Crippen molar-refractivity contribution in [1.82, 2.24) is 0 Å². The molecule has 0 atom stereocenters. The van der Waals surface area contributed by atoms with E-state index >= 15 is 0 Å². The van der Waals surface area contributed by atoms with Crippen LogP contribution in [0.5, 0.6) is 10.8 Å². The van der Waals surface area contributed by atoms with E-state index in [-0.39, 0.29) is 10.7 Å². The number of nitro benzene ring substituents is 1. The molecule has 0 radical (unpaired) electrons. The molecule has 0 amide bonds. The molecule has 9 heteroatoms. The minimum atomic E-state index is -0.518. The van der Waals surface area contributed by atoms with Crippen molar-refractivity contribution in [1.29, 1.82) is 0 Å². The molecule has 0 bridgehead atoms. The summed E-state index contributed by atoms with van der Waals surface area (Å²) in [7, 11) is 0. The molecule has 2 rings (SSSR count). The van der Waals surface area contributed by atoms with Crippen LogP contribution in [-0.4, -0.2) is 9.85 Å². The normalized spacial score (nSPS) is 10.2. The maximum atomic E-state index is 10.6. The van der Waals surface area contributed by atoms with Crippen molar-refractivity contribution in [3.8, 4) is 10.8 Å². The molecule has 0 unspecified atom stereocenters. The molecule has 1 heterocycles. The van der Waals surface area contributed by atoms with Gasteiger partial charge >= 0.3 is 5.00 Å². The van der Waals surface area contributed by atoms with Gasteiger partial charge in [0, 0.05) is 18.2 Å². The summed E-state index contributed by atoms with van der Waals surface area (Å²) in [4.78, 5) is 20.1. The SMILES string of the molecule is O=[N+]([O-])c1ccc(Oc2sc([N+](=O)[O-])cc2Br)cc1. The average molecular weight is 345 g/mol. The Labute approximate surface area is 118 Å². The first-order valence-corrected chi connectivity index (χ1v) is 6.44. The molecule has 0 aliphatic carbocycles. The zero-order valence-electron chi connectivity index (χ0n) is 9.11. The Bertz CT molecular complexity index is 640. The predicted molar refractivity (Wildman–Crippen MR) is 71.8 cm³/mol. The summed E-state index contributed by atoms with van der Waals surface area (Å²) < 4.78 is 5.88. The van der Waals surface area contributed by atoms with Crippen LogP contribution in [0.2, 0.25) is 0 Å². The number of thiophene rings is 1. The van der Waals surface area contributed by atoms with Gasteiger partial charge in [-0.05, 0) is 39.4 Å². The highest BCUT2D eigenvalue weighted by molar-refractivity contribution is 9.10. The maximum Gasteiger partial charge on any atom is 0.328 e. The van der Waals surface area contributed by atoms with Crippen LogP contribution in [0, 0.1) is 20.2 Å². The second kappa shape index (κ2) is 5.33. The fourth-order valence-corrected chi connectivity index (χ4v) is 2.67. The Morgan fingerprint density at radius 1 is 1.11 bits per heavy atom. The van der Waals surface area contributed by atoms with Crippen LogP contribution in [0.25, 0.3) is 0 Å². The summed E-state index contributed by atoms with van der Waals surface area (Å²) >= 11 is 4.02. The average Bonchev–Trinajstić information content (AvgIpc) is 2.72. The molecule has 0 saturated carbocycles. The van der Waals surface area contributed by atoms with Gasteiger partial charge in [-0.25, -0.2) is 0 Å². The molecular formula is C10H5BrN2O5S. The van der Waals surface area contributed by atoms with Gasteiger partial charge in [0.05, 0.1) is 14.3 Å². The summed E-state index contributed by atoms with van der Waals surface area (Å²) in [6.45, 7) is 0. The van der Waals surface area contributed by atoms with Gasteiger partial charge in [-0.1, -0.05) is 0 Å². The first-order valence-electron chi connectivity index (χ1n) is 4.83. The summed E-state index contributed by atoms with van der Waals surface area (Å²) in [5, 5.41) is 21.4. The third kappa shape index (κ3) is 3.06. The predicted octanol–water partition coefficient (Wildman–Crippen LogP) is 4.12. The number of ether oxygens (including phenoxy) is 1. The molecule has 19 heavy (non-hydrogen) atoms. The lowest BCUT2D eigenvalue weighted by atomic mass is 10.3.